The predicted octanol–water partition coefficient (Wildman–Crippen LogP) is -1.88. The number of nitrogens with zero attached hydrogens (tertiary/aromatic N) is 2. The Kier molecular flexibility index (Phi) is 7.86. The first kappa shape index (κ1) is 19.2. The van der Waals surface area contributed by atoms with Gasteiger partial charge in [-0.15, -0.1) is 0 Å². The van der Waals surface area contributed by atoms with Crippen molar-refractivity contribution in [2.75, 3.05) is 35.2 Å². The molecule has 0 aliphatic heterocycles. The van der Waals surface area contributed by atoms with E-state index in [0.717, 1.165) is 5.69 Å². The lowest BCUT2D eigenvalue weighted by Crippen LogP contribution is -3.00. The van der Waals surface area contributed by atoms with E-state index >= 15 is 0 Å². The van der Waals surface area contributed by atoms with Gasteiger partial charge < -0.3 is 32.1 Å². The van der Waals surface area contributed by atoms with Crippen molar-refractivity contribution >= 4 is 11.8 Å². The Labute approximate surface area is 119 Å². The molecule has 1 aromatic rings. The molecule has 0 aromatic heterocycles. The summed E-state index contributed by atoms with van der Waals surface area (Å²) in [6.45, 7) is 0. The third-order valence-electron chi connectivity index (χ3n) is 2.16. The minimum atomic E-state index is -0.362. The Morgan fingerprint density at radius 1 is 1.22 bits per heavy atom. The van der Waals surface area contributed by atoms with Crippen LogP contribution in [0, 0.1) is 0 Å². The van der Waals surface area contributed by atoms with Crippen molar-refractivity contribution in [1.82, 2.24) is 9.38 Å². The number of hydrogen-bond donors (Lipinski definition) is 0. The van der Waals surface area contributed by atoms with Gasteiger partial charge in [-0.1, -0.05) is 6.07 Å². The molecule has 2 N–H and O–H groups in total. The van der Waals surface area contributed by atoms with Crippen LogP contribution >= 0.6 is 0 Å². The van der Waals surface area contributed by atoms with E-state index in [4.69, 9.17) is 4.74 Å². The molecule has 0 heterocycles. The Morgan fingerprint density at radius 3 is 2.22 bits per heavy atom. The number of carbonyl (C=O) groups is 1. The first-order chi connectivity index (χ1) is 7.30. The van der Waals surface area contributed by atoms with Gasteiger partial charge in [0.15, 0.2) is 0 Å². The van der Waals surface area contributed by atoms with Crippen molar-refractivity contribution in [1.29, 1.82) is 0 Å². The predicted molar refractivity (Wildman–Crippen MR) is 69.3 cm³/mol. The molecule has 5 nitrogen and oxygen atoms in total. The molecule has 0 atom stereocenters. The second-order valence-electron chi connectivity index (χ2n) is 4.77. The van der Waals surface area contributed by atoms with E-state index in [1.165, 1.54) is 4.90 Å². The average Bonchev–Trinajstić information content (AvgIpc) is 2.16. The van der Waals surface area contributed by atoms with Gasteiger partial charge in [0, 0.05) is 20.2 Å². The zero-order valence-corrected chi connectivity index (χ0v) is 13.0. The molecule has 0 saturated carbocycles. The fourth-order valence-electron chi connectivity index (χ4n) is 1.16. The number of carbonyl (C=O) groups excluding carboxylic acids is 1. The molecule has 0 spiro atoms. The standard InChI is InChI=1S/C12H19N2O2.BrH.H2O/c1-13(2)12(15)16-11-8-6-7-10(9-11)14(3,4)5;;/h6-9H,1-5H3;1H;1H2/q+1;;/p-1. The SMILES string of the molecule is CN(C)C(=O)Oc1cccc([N+](C)(C)C)c1.O.[Br-]. The zero-order chi connectivity index (χ0) is 12.3. The van der Waals surface area contributed by atoms with E-state index in [1.54, 1.807) is 20.2 Å². The van der Waals surface area contributed by atoms with E-state index in [1.807, 2.05) is 18.2 Å². The van der Waals surface area contributed by atoms with Crippen LogP contribution in [-0.2, 0) is 0 Å². The minimum absolute atomic E-state index is 0. The van der Waals surface area contributed by atoms with E-state index in [9.17, 15) is 4.79 Å². The van der Waals surface area contributed by atoms with Crippen LogP contribution in [0.15, 0.2) is 24.3 Å². The van der Waals surface area contributed by atoms with Crippen molar-refractivity contribution in [2.24, 2.45) is 0 Å². The fraction of sp³-hybridized carbons (Fsp3) is 0.417. The molecule has 6 heteroatoms. The molecule has 0 aliphatic carbocycles. The van der Waals surface area contributed by atoms with E-state index in [0.29, 0.717) is 10.2 Å². The molecule has 1 rings (SSSR count). The number of ether oxygens (including phenoxy) is 1. The quantitative estimate of drug-likeness (QED) is 0.599. The van der Waals surface area contributed by atoms with Gasteiger partial charge in [0.25, 0.3) is 0 Å². The monoisotopic (exact) mass is 320 g/mol. The summed E-state index contributed by atoms with van der Waals surface area (Å²) in [5, 5.41) is 0. The molecule has 0 bridgehead atoms. The molecule has 18 heavy (non-hydrogen) atoms. The van der Waals surface area contributed by atoms with E-state index < -0.39 is 0 Å². The topological polar surface area (TPSA) is 61.0 Å². The lowest BCUT2D eigenvalue weighted by atomic mass is 10.2. The highest BCUT2D eigenvalue weighted by Gasteiger charge is 2.14. The molecular formula is C12H21BrN2O3. The second-order valence-corrected chi connectivity index (χ2v) is 4.77. The molecule has 1 amide bonds. The van der Waals surface area contributed by atoms with Gasteiger partial charge in [-0.2, -0.15) is 0 Å². The summed E-state index contributed by atoms with van der Waals surface area (Å²) in [5.41, 5.74) is 1.09. The molecule has 104 valence electrons. The first-order valence-electron chi connectivity index (χ1n) is 5.12. The molecule has 0 aliphatic rings. The fourth-order valence-corrected chi connectivity index (χ4v) is 1.16. The summed E-state index contributed by atoms with van der Waals surface area (Å²) in [4.78, 5) is 12.8. The number of quaternary nitrogens is 1. The Bertz CT molecular complexity index is 389. The van der Waals surface area contributed by atoms with Gasteiger partial charge in [0.1, 0.15) is 11.4 Å². The number of benzene rings is 1. The maximum atomic E-state index is 11.4. The van der Waals surface area contributed by atoms with Crippen LogP contribution in [0.3, 0.4) is 0 Å². The summed E-state index contributed by atoms with van der Waals surface area (Å²) >= 11 is 0. The summed E-state index contributed by atoms with van der Waals surface area (Å²) < 4.78 is 5.88. The second kappa shape index (κ2) is 7.35. The Balaban J connectivity index is 0. The van der Waals surface area contributed by atoms with Crippen LogP contribution in [0.5, 0.6) is 5.75 Å². The maximum Gasteiger partial charge on any atom is 0.414 e. The number of hydrogen-bond acceptors (Lipinski definition) is 2. The summed E-state index contributed by atoms with van der Waals surface area (Å²) in [7, 11) is 9.50. The summed E-state index contributed by atoms with van der Waals surface area (Å²) in [6, 6.07) is 7.55. The Hall–Kier alpha value is -1.11. The van der Waals surface area contributed by atoms with Crippen LogP contribution in [0.2, 0.25) is 0 Å². The van der Waals surface area contributed by atoms with E-state index in [2.05, 4.69) is 21.1 Å². The van der Waals surface area contributed by atoms with Crippen molar-refractivity contribution in [3.63, 3.8) is 0 Å². The maximum absolute atomic E-state index is 11.4. The molecular weight excluding hydrogens is 300 g/mol. The zero-order valence-electron chi connectivity index (χ0n) is 11.4. The minimum Gasteiger partial charge on any atom is -1.00 e. The number of halogens is 1. The van der Waals surface area contributed by atoms with Gasteiger partial charge in [-0.25, -0.2) is 4.79 Å². The summed E-state index contributed by atoms with van der Waals surface area (Å²) in [5.74, 6) is 0.573. The van der Waals surface area contributed by atoms with Crippen LogP contribution in [0.1, 0.15) is 0 Å². The lowest BCUT2D eigenvalue weighted by molar-refractivity contribution is -0.00000992. The molecule has 0 unspecified atom stereocenters. The Morgan fingerprint density at radius 2 is 1.78 bits per heavy atom. The van der Waals surface area contributed by atoms with Gasteiger partial charge in [-0.05, 0) is 12.1 Å². The molecule has 0 saturated heterocycles. The highest BCUT2D eigenvalue weighted by molar-refractivity contribution is 5.70. The van der Waals surface area contributed by atoms with Crippen molar-refractivity contribution in [3.05, 3.63) is 24.3 Å². The lowest BCUT2D eigenvalue weighted by Gasteiger charge is -2.23. The van der Waals surface area contributed by atoms with Gasteiger partial charge in [0.2, 0.25) is 0 Å². The third-order valence-corrected chi connectivity index (χ3v) is 2.16. The van der Waals surface area contributed by atoms with Crippen LogP contribution in [0.4, 0.5) is 10.5 Å². The van der Waals surface area contributed by atoms with Crippen LogP contribution in [-0.4, -0.2) is 51.7 Å². The van der Waals surface area contributed by atoms with Gasteiger partial charge in [-0.3, -0.25) is 4.48 Å². The first-order valence-corrected chi connectivity index (χ1v) is 5.12. The average molecular weight is 321 g/mol. The smallest absolute Gasteiger partial charge is 0.414 e. The van der Waals surface area contributed by atoms with E-state index in [-0.39, 0.29) is 28.6 Å². The van der Waals surface area contributed by atoms with Crippen molar-refractivity contribution in [3.8, 4) is 5.75 Å². The molecule has 1 aromatic carbocycles. The van der Waals surface area contributed by atoms with Gasteiger partial charge >= 0.3 is 6.09 Å². The number of rotatable bonds is 2. The van der Waals surface area contributed by atoms with Crippen molar-refractivity contribution < 1.29 is 32.0 Å². The van der Waals surface area contributed by atoms with Crippen molar-refractivity contribution in [2.45, 2.75) is 0 Å². The normalized spacial score (nSPS) is 9.83. The molecule has 0 radical (unpaired) electrons. The largest absolute Gasteiger partial charge is 1.00 e. The molecule has 0 fully saturated rings. The van der Waals surface area contributed by atoms with Crippen LogP contribution < -0.4 is 26.2 Å². The summed E-state index contributed by atoms with van der Waals surface area (Å²) in [6.07, 6.45) is -0.362. The number of amides is 1. The highest BCUT2D eigenvalue weighted by Crippen LogP contribution is 2.22. The highest BCUT2D eigenvalue weighted by atomic mass is 79.9. The third kappa shape index (κ3) is 5.48. The van der Waals surface area contributed by atoms with Gasteiger partial charge in [0.05, 0.1) is 21.1 Å². The van der Waals surface area contributed by atoms with Crippen LogP contribution in [0.25, 0.3) is 0 Å².